The standard InChI is InChI=1S/C23H21Cl3N2O4S/c1-16-7-9-18(14-21(16)26)32-12-11-27-23(29)15-28(22-13-17(24)8-10-20(22)25)33(30,31)19-5-3-2-4-6-19/h2-10,13-14H,11-12,15H2,1H3,(H,27,29). The molecule has 0 radical (unpaired) electrons. The van der Waals surface area contributed by atoms with Crippen molar-refractivity contribution in [2.75, 3.05) is 24.0 Å². The van der Waals surface area contributed by atoms with Gasteiger partial charge in [-0.25, -0.2) is 8.42 Å². The van der Waals surface area contributed by atoms with Gasteiger partial charge in [-0.1, -0.05) is 59.1 Å². The summed E-state index contributed by atoms with van der Waals surface area (Å²) in [6.07, 6.45) is 0. The Morgan fingerprint density at radius 2 is 1.70 bits per heavy atom. The Kier molecular flexibility index (Phi) is 8.48. The molecule has 3 aromatic carbocycles. The van der Waals surface area contributed by atoms with Gasteiger partial charge in [-0.3, -0.25) is 9.10 Å². The predicted molar refractivity (Wildman–Crippen MR) is 132 cm³/mol. The highest BCUT2D eigenvalue weighted by molar-refractivity contribution is 7.92. The zero-order valence-electron chi connectivity index (χ0n) is 17.6. The minimum Gasteiger partial charge on any atom is -0.492 e. The number of rotatable bonds is 9. The molecule has 0 aliphatic heterocycles. The van der Waals surface area contributed by atoms with E-state index in [0.717, 1.165) is 9.87 Å². The van der Waals surface area contributed by atoms with E-state index < -0.39 is 22.5 Å². The lowest BCUT2D eigenvalue weighted by Crippen LogP contribution is -2.42. The third-order valence-electron chi connectivity index (χ3n) is 4.63. The van der Waals surface area contributed by atoms with Gasteiger partial charge in [0.25, 0.3) is 10.0 Å². The van der Waals surface area contributed by atoms with E-state index in [2.05, 4.69) is 5.32 Å². The summed E-state index contributed by atoms with van der Waals surface area (Å²) in [5.41, 5.74) is 1.03. The number of aryl methyl sites for hydroxylation is 1. The molecule has 3 aromatic rings. The van der Waals surface area contributed by atoms with Gasteiger partial charge in [0.05, 0.1) is 22.2 Å². The molecule has 0 atom stereocenters. The first-order chi connectivity index (χ1) is 15.7. The molecule has 33 heavy (non-hydrogen) atoms. The molecule has 0 saturated heterocycles. The van der Waals surface area contributed by atoms with E-state index in [9.17, 15) is 13.2 Å². The zero-order valence-corrected chi connectivity index (χ0v) is 20.7. The maximum absolute atomic E-state index is 13.3. The number of benzene rings is 3. The highest BCUT2D eigenvalue weighted by Crippen LogP contribution is 2.32. The minimum absolute atomic E-state index is 0.0217. The number of ether oxygens (including phenoxy) is 1. The Morgan fingerprint density at radius 1 is 0.970 bits per heavy atom. The van der Waals surface area contributed by atoms with Crippen LogP contribution in [0.1, 0.15) is 5.56 Å². The van der Waals surface area contributed by atoms with Gasteiger partial charge >= 0.3 is 0 Å². The maximum atomic E-state index is 13.3. The van der Waals surface area contributed by atoms with Crippen molar-refractivity contribution in [3.05, 3.63) is 87.4 Å². The fraction of sp³-hybridized carbons (Fsp3) is 0.174. The molecule has 0 saturated carbocycles. The Labute approximate surface area is 208 Å². The third kappa shape index (κ3) is 6.54. The highest BCUT2D eigenvalue weighted by atomic mass is 35.5. The van der Waals surface area contributed by atoms with E-state index in [1.165, 1.54) is 30.3 Å². The van der Waals surface area contributed by atoms with Crippen LogP contribution in [0.2, 0.25) is 15.1 Å². The molecule has 0 unspecified atom stereocenters. The van der Waals surface area contributed by atoms with Crippen molar-refractivity contribution in [2.45, 2.75) is 11.8 Å². The van der Waals surface area contributed by atoms with Gasteiger partial charge < -0.3 is 10.1 Å². The molecular formula is C23H21Cl3N2O4S. The largest absolute Gasteiger partial charge is 0.492 e. The monoisotopic (exact) mass is 526 g/mol. The van der Waals surface area contributed by atoms with Crippen molar-refractivity contribution < 1.29 is 17.9 Å². The molecule has 1 N–H and O–H groups in total. The van der Waals surface area contributed by atoms with Crippen LogP contribution in [-0.2, 0) is 14.8 Å². The van der Waals surface area contributed by atoms with E-state index in [1.807, 2.05) is 13.0 Å². The first-order valence-electron chi connectivity index (χ1n) is 9.87. The summed E-state index contributed by atoms with van der Waals surface area (Å²) in [7, 11) is -4.09. The van der Waals surface area contributed by atoms with Gasteiger partial charge in [-0.2, -0.15) is 0 Å². The molecule has 6 nitrogen and oxygen atoms in total. The van der Waals surface area contributed by atoms with Crippen molar-refractivity contribution >= 4 is 56.4 Å². The molecule has 3 rings (SSSR count). The SMILES string of the molecule is Cc1ccc(OCCNC(=O)CN(c2cc(Cl)ccc2Cl)S(=O)(=O)c2ccccc2)cc1Cl. The Hall–Kier alpha value is -2.45. The van der Waals surface area contributed by atoms with Crippen molar-refractivity contribution in [3.63, 3.8) is 0 Å². The van der Waals surface area contributed by atoms with E-state index in [-0.39, 0.29) is 33.8 Å². The van der Waals surface area contributed by atoms with Crippen LogP contribution < -0.4 is 14.4 Å². The normalized spacial score (nSPS) is 11.2. The molecule has 0 heterocycles. The lowest BCUT2D eigenvalue weighted by molar-refractivity contribution is -0.119. The first-order valence-corrected chi connectivity index (χ1v) is 12.4. The summed E-state index contributed by atoms with van der Waals surface area (Å²) in [4.78, 5) is 12.7. The average molecular weight is 528 g/mol. The van der Waals surface area contributed by atoms with Crippen LogP contribution >= 0.6 is 34.8 Å². The van der Waals surface area contributed by atoms with Gasteiger partial charge in [-0.05, 0) is 55.0 Å². The smallest absolute Gasteiger partial charge is 0.264 e. The molecule has 0 bridgehead atoms. The second kappa shape index (κ2) is 11.1. The highest BCUT2D eigenvalue weighted by Gasteiger charge is 2.28. The molecular weight excluding hydrogens is 507 g/mol. The van der Waals surface area contributed by atoms with Gasteiger partial charge in [0, 0.05) is 10.0 Å². The number of nitrogens with zero attached hydrogens (tertiary/aromatic N) is 1. The fourth-order valence-corrected chi connectivity index (χ4v) is 4.96. The molecule has 0 spiro atoms. The van der Waals surface area contributed by atoms with Gasteiger partial charge in [0.1, 0.15) is 18.9 Å². The molecule has 10 heteroatoms. The van der Waals surface area contributed by atoms with Crippen LogP contribution in [0.15, 0.2) is 71.6 Å². The van der Waals surface area contributed by atoms with Crippen molar-refractivity contribution in [1.29, 1.82) is 0 Å². The Bertz CT molecular complexity index is 1240. The first kappa shape index (κ1) is 25.2. The fourth-order valence-electron chi connectivity index (χ4n) is 2.91. The summed E-state index contributed by atoms with van der Waals surface area (Å²) in [6.45, 7) is 1.72. The summed E-state index contributed by atoms with van der Waals surface area (Å²) >= 11 is 18.4. The summed E-state index contributed by atoms with van der Waals surface area (Å²) in [5.74, 6) is 0.0370. The second-order valence-corrected chi connectivity index (χ2v) is 10.1. The average Bonchev–Trinajstić information content (AvgIpc) is 2.79. The summed E-state index contributed by atoms with van der Waals surface area (Å²) in [6, 6.07) is 17.5. The molecule has 0 aromatic heterocycles. The number of hydrogen-bond acceptors (Lipinski definition) is 4. The summed E-state index contributed by atoms with van der Waals surface area (Å²) in [5, 5.41) is 3.67. The quantitative estimate of drug-likeness (QED) is 0.381. The number of halogens is 3. The number of carbonyl (C=O) groups is 1. The Morgan fingerprint density at radius 3 is 2.39 bits per heavy atom. The summed E-state index contributed by atoms with van der Waals surface area (Å²) < 4.78 is 33.1. The van der Waals surface area contributed by atoms with E-state index in [0.29, 0.717) is 10.8 Å². The molecule has 1 amide bonds. The minimum atomic E-state index is -4.09. The van der Waals surface area contributed by atoms with Gasteiger partial charge in [0.15, 0.2) is 0 Å². The number of amides is 1. The maximum Gasteiger partial charge on any atom is 0.264 e. The van der Waals surface area contributed by atoms with Crippen LogP contribution in [0.5, 0.6) is 5.75 Å². The van der Waals surface area contributed by atoms with Crippen LogP contribution in [0, 0.1) is 6.92 Å². The third-order valence-corrected chi connectivity index (χ3v) is 7.37. The number of nitrogens with one attached hydrogen (secondary N) is 1. The van der Waals surface area contributed by atoms with Gasteiger partial charge in [0.2, 0.25) is 5.91 Å². The van der Waals surface area contributed by atoms with Crippen molar-refractivity contribution in [2.24, 2.45) is 0 Å². The lowest BCUT2D eigenvalue weighted by atomic mass is 10.2. The Balaban J connectivity index is 1.72. The van der Waals surface area contributed by atoms with E-state index in [1.54, 1.807) is 30.3 Å². The number of hydrogen-bond donors (Lipinski definition) is 1. The van der Waals surface area contributed by atoms with Crippen LogP contribution in [0.3, 0.4) is 0 Å². The van der Waals surface area contributed by atoms with Crippen LogP contribution in [0.25, 0.3) is 0 Å². The molecule has 0 fully saturated rings. The zero-order chi connectivity index (χ0) is 24.0. The lowest BCUT2D eigenvalue weighted by Gasteiger charge is -2.25. The molecule has 0 aliphatic rings. The number of sulfonamides is 1. The number of anilines is 1. The van der Waals surface area contributed by atoms with Crippen molar-refractivity contribution in [3.8, 4) is 5.75 Å². The molecule has 174 valence electrons. The van der Waals surface area contributed by atoms with Crippen LogP contribution in [-0.4, -0.2) is 34.0 Å². The van der Waals surface area contributed by atoms with Crippen molar-refractivity contribution in [1.82, 2.24) is 5.32 Å². The predicted octanol–water partition coefficient (Wildman–Crippen LogP) is 5.35. The molecule has 0 aliphatic carbocycles. The second-order valence-electron chi connectivity index (χ2n) is 7.03. The topological polar surface area (TPSA) is 75.7 Å². The number of carbonyl (C=O) groups excluding carboxylic acids is 1. The van der Waals surface area contributed by atoms with Crippen LogP contribution in [0.4, 0.5) is 5.69 Å². The van der Waals surface area contributed by atoms with E-state index >= 15 is 0 Å². The van der Waals surface area contributed by atoms with E-state index in [4.69, 9.17) is 39.5 Å². The van der Waals surface area contributed by atoms with Gasteiger partial charge in [-0.15, -0.1) is 0 Å².